The van der Waals surface area contributed by atoms with Crippen LogP contribution in [0.1, 0.15) is 24.0 Å². The van der Waals surface area contributed by atoms with Crippen molar-refractivity contribution in [3.63, 3.8) is 0 Å². The van der Waals surface area contributed by atoms with Crippen molar-refractivity contribution in [1.82, 2.24) is 24.5 Å². The maximum Gasteiger partial charge on any atom is 0.166 e. The summed E-state index contributed by atoms with van der Waals surface area (Å²) in [5.74, 6) is 0.548. The molecule has 0 unspecified atom stereocenters. The summed E-state index contributed by atoms with van der Waals surface area (Å²) in [5, 5.41) is 4.44. The second-order valence-corrected chi connectivity index (χ2v) is 12.8. The van der Waals surface area contributed by atoms with Crippen molar-refractivity contribution in [3.05, 3.63) is 77.8 Å². The molecule has 11 heteroatoms. The molecular formula is C27H26F2N6O2S. The van der Waals surface area contributed by atoms with E-state index in [0.29, 0.717) is 36.7 Å². The molecule has 0 bridgehead atoms. The molecule has 3 fully saturated rings. The van der Waals surface area contributed by atoms with Crippen LogP contribution in [0.2, 0.25) is 0 Å². The number of nitrogens with zero attached hydrogens (tertiary/aromatic N) is 6. The zero-order chi connectivity index (χ0) is 26.1. The molecule has 1 saturated carbocycles. The fourth-order valence-corrected chi connectivity index (χ4v) is 7.41. The lowest BCUT2D eigenvalue weighted by Crippen LogP contribution is -2.39. The molecular weight excluding hydrogens is 510 g/mol. The summed E-state index contributed by atoms with van der Waals surface area (Å²) in [4.78, 5) is 13.8. The summed E-state index contributed by atoms with van der Waals surface area (Å²) in [5.41, 5.74) is 2.99. The van der Waals surface area contributed by atoms with E-state index in [1.54, 1.807) is 10.7 Å². The lowest BCUT2D eigenvalue weighted by Gasteiger charge is -2.30. The topological polar surface area (TPSA) is 83.7 Å². The Morgan fingerprint density at radius 3 is 2.63 bits per heavy atom. The molecule has 2 atom stereocenters. The van der Waals surface area contributed by atoms with Crippen molar-refractivity contribution in [3.8, 4) is 11.3 Å². The number of halogens is 2. The SMILES string of the molecule is O=S1(=O)CCN(Cc2ccc(-c3cnn4ccc(N5CC[C@H]6C[C@]65c5cc(F)ccc5F)nc34)nc2)CC1. The smallest absolute Gasteiger partial charge is 0.166 e. The van der Waals surface area contributed by atoms with Crippen molar-refractivity contribution in [2.45, 2.75) is 24.9 Å². The van der Waals surface area contributed by atoms with Gasteiger partial charge in [-0.1, -0.05) is 6.07 Å². The molecule has 0 amide bonds. The van der Waals surface area contributed by atoms with E-state index in [1.807, 2.05) is 30.6 Å². The number of fused-ring (bicyclic) bond motifs is 2. The summed E-state index contributed by atoms with van der Waals surface area (Å²) in [6, 6.07) is 9.49. The van der Waals surface area contributed by atoms with E-state index in [2.05, 4.69) is 19.9 Å². The van der Waals surface area contributed by atoms with Crippen LogP contribution in [0.25, 0.3) is 16.9 Å². The lowest BCUT2D eigenvalue weighted by molar-refractivity contribution is 0.287. The van der Waals surface area contributed by atoms with E-state index in [9.17, 15) is 17.2 Å². The third kappa shape index (κ3) is 3.87. The number of anilines is 1. The summed E-state index contributed by atoms with van der Waals surface area (Å²) < 4.78 is 54.0. The van der Waals surface area contributed by atoms with Crippen LogP contribution in [0.3, 0.4) is 0 Å². The summed E-state index contributed by atoms with van der Waals surface area (Å²) in [7, 11) is -2.91. The first-order valence-corrected chi connectivity index (χ1v) is 14.6. The van der Waals surface area contributed by atoms with Crippen LogP contribution in [-0.4, -0.2) is 64.0 Å². The third-order valence-corrected chi connectivity index (χ3v) is 9.83. The average Bonchev–Trinajstić information content (AvgIpc) is 3.29. The van der Waals surface area contributed by atoms with Gasteiger partial charge in [0, 0.05) is 44.1 Å². The number of aromatic nitrogens is 4. The van der Waals surface area contributed by atoms with Crippen LogP contribution in [0.5, 0.6) is 0 Å². The number of rotatable bonds is 5. The second kappa shape index (κ2) is 8.54. The maximum atomic E-state index is 14.8. The Morgan fingerprint density at radius 2 is 1.87 bits per heavy atom. The molecule has 2 aliphatic heterocycles. The molecule has 38 heavy (non-hydrogen) atoms. The maximum absolute atomic E-state index is 14.8. The van der Waals surface area contributed by atoms with Gasteiger partial charge in [-0.15, -0.1) is 0 Å². The number of hydrogen-bond donors (Lipinski definition) is 0. The molecule has 0 radical (unpaired) electrons. The van der Waals surface area contributed by atoms with Gasteiger partial charge in [0.05, 0.1) is 34.5 Å². The number of hydrogen-bond acceptors (Lipinski definition) is 7. The molecule has 196 valence electrons. The van der Waals surface area contributed by atoms with E-state index in [4.69, 9.17) is 4.98 Å². The Bertz CT molecular complexity index is 1640. The van der Waals surface area contributed by atoms with E-state index < -0.39 is 21.2 Å². The van der Waals surface area contributed by atoms with Gasteiger partial charge in [0.25, 0.3) is 0 Å². The van der Waals surface area contributed by atoms with E-state index in [0.717, 1.165) is 42.3 Å². The van der Waals surface area contributed by atoms with Gasteiger partial charge >= 0.3 is 0 Å². The zero-order valence-electron chi connectivity index (χ0n) is 20.6. The number of pyridine rings is 1. The summed E-state index contributed by atoms with van der Waals surface area (Å²) >= 11 is 0. The second-order valence-electron chi connectivity index (χ2n) is 10.5. The standard InChI is InChI=1S/C27H26F2N6O2S/c28-20-2-3-23(29)22(13-20)27-14-19(27)5-7-34(27)25-6-8-35-26(32-25)21(16-31-35)24-4-1-18(15-30-24)17-33-9-11-38(36,37)12-10-33/h1-4,6,8,13,15-16,19H,5,7,9-12,14,17H2/t19-,27+/m0/s1. The monoisotopic (exact) mass is 536 g/mol. The van der Waals surface area contributed by atoms with Gasteiger partial charge in [0.1, 0.15) is 17.5 Å². The highest BCUT2D eigenvalue weighted by atomic mass is 32.2. The van der Waals surface area contributed by atoms with Crippen LogP contribution in [-0.2, 0) is 21.9 Å². The first-order valence-electron chi connectivity index (χ1n) is 12.8. The number of piperidine rings is 1. The largest absolute Gasteiger partial charge is 0.346 e. The highest BCUT2D eigenvalue weighted by Crippen LogP contribution is 2.63. The Kier molecular flexibility index (Phi) is 5.31. The van der Waals surface area contributed by atoms with Crippen molar-refractivity contribution in [2.24, 2.45) is 5.92 Å². The third-order valence-electron chi connectivity index (χ3n) is 8.23. The van der Waals surface area contributed by atoms with E-state index in [1.165, 1.54) is 12.1 Å². The first kappa shape index (κ1) is 23.7. The Morgan fingerprint density at radius 1 is 1.03 bits per heavy atom. The zero-order valence-corrected chi connectivity index (χ0v) is 21.4. The van der Waals surface area contributed by atoms with Crippen LogP contribution >= 0.6 is 0 Å². The minimum absolute atomic E-state index is 0.194. The molecule has 0 N–H and O–H groups in total. The van der Waals surface area contributed by atoms with E-state index in [-0.39, 0.29) is 23.2 Å². The van der Waals surface area contributed by atoms with Crippen LogP contribution < -0.4 is 4.90 Å². The van der Waals surface area contributed by atoms with Crippen molar-refractivity contribution < 1.29 is 17.2 Å². The normalized spacial score (nSPS) is 24.6. The number of benzene rings is 1. The molecule has 3 aromatic heterocycles. The molecule has 4 aromatic rings. The van der Waals surface area contributed by atoms with Gasteiger partial charge in [-0.2, -0.15) is 5.10 Å². The van der Waals surface area contributed by atoms with Crippen LogP contribution in [0, 0.1) is 17.6 Å². The van der Waals surface area contributed by atoms with Crippen molar-refractivity contribution >= 4 is 21.3 Å². The van der Waals surface area contributed by atoms with Gasteiger partial charge in [-0.25, -0.2) is 26.7 Å². The molecule has 5 heterocycles. The van der Waals surface area contributed by atoms with Gasteiger partial charge in [0.2, 0.25) is 0 Å². The quantitative estimate of drug-likeness (QED) is 0.387. The average molecular weight is 537 g/mol. The van der Waals surface area contributed by atoms with Crippen molar-refractivity contribution in [2.75, 3.05) is 36.0 Å². The first-order chi connectivity index (χ1) is 18.3. The molecule has 3 aliphatic rings. The number of sulfone groups is 1. The Hall–Kier alpha value is -3.44. The van der Waals surface area contributed by atoms with E-state index >= 15 is 0 Å². The molecule has 1 aromatic carbocycles. The summed E-state index contributed by atoms with van der Waals surface area (Å²) in [6.07, 6.45) is 7.06. The minimum Gasteiger partial charge on any atom is -0.346 e. The molecule has 2 saturated heterocycles. The molecule has 0 spiro atoms. The highest BCUT2D eigenvalue weighted by molar-refractivity contribution is 7.91. The van der Waals surface area contributed by atoms with Crippen LogP contribution in [0.15, 0.2) is 55.0 Å². The van der Waals surface area contributed by atoms with Gasteiger partial charge in [-0.3, -0.25) is 9.88 Å². The molecule has 8 nitrogen and oxygen atoms in total. The summed E-state index contributed by atoms with van der Waals surface area (Å²) in [6.45, 7) is 2.43. The van der Waals surface area contributed by atoms with Crippen molar-refractivity contribution in [1.29, 1.82) is 0 Å². The minimum atomic E-state index is -2.91. The Balaban J connectivity index is 1.17. The predicted molar refractivity (Wildman–Crippen MR) is 138 cm³/mol. The highest BCUT2D eigenvalue weighted by Gasteiger charge is 2.64. The Labute approximate surface area is 218 Å². The molecule has 7 rings (SSSR count). The van der Waals surface area contributed by atoms with Gasteiger partial charge in [-0.05, 0) is 54.7 Å². The molecule has 1 aliphatic carbocycles. The lowest BCUT2D eigenvalue weighted by atomic mass is 10.0. The fraction of sp³-hybridized carbons (Fsp3) is 0.370. The van der Waals surface area contributed by atoms with Crippen LogP contribution in [0.4, 0.5) is 14.6 Å². The van der Waals surface area contributed by atoms with Gasteiger partial charge < -0.3 is 4.90 Å². The fourth-order valence-electron chi connectivity index (χ4n) is 6.13. The predicted octanol–water partition coefficient (Wildman–Crippen LogP) is 3.43. The van der Waals surface area contributed by atoms with Gasteiger partial charge in [0.15, 0.2) is 15.5 Å².